The van der Waals surface area contributed by atoms with Gasteiger partial charge in [0.15, 0.2) is 0 Å². The predicted molar refractivity (Wildman–Crippen MR) is 72.8 cm³/mol. The van der Waals surface area contributed by atoms with E-state index in [1.165, 1.54) is 24.3 Å². The van der Waals surface area contributed by atoms with E-state index in [-0.39, 0.29) is 5.56 Å². The molecule has 0 aliphatic carbocycles. The van der Waals surface area contributed by atoms with Gasteiger partial charge in [-0.25, -0.2) is 5.43 Å². The summed E-state index contributed by atoms with van der Waals surface area (Å²) in [5.41, 5.74) is 8.28. The predicted octanol–water partition coefficient (Wildman–Crippen LogP) is -1.84. The molecule has 5 N–H and O–H groups in total. The van der Waals surface area contributed by atoms with E-state index < -0.39 is 34.6 Å². The topological polar surface area (TPSA) is 169 Å². The Hall–Kier alpha value is -3.50. The molecule has 3 amide bonds. The molecule has 0 bridgehead atoms. The minimum atomic E-state index is -2.05. The summed E-state index contributed by atoms with van der Waals surface area (Å²) in [5.74, 6) is -3.31. The summed E-state index contributed by atoms with van der Waals surface area (Å²) in [4.78, 5) is 44.0. The Morgan fingerprint density at radius 2 is 1.77 bits per heavy atom. The fourth-order valence-electron chi connectivity index (χ4n) is 1.57. The van der Waals surface area contributed by atoms with Crippen molar-refractivity contribution < 1.29 is 19.3 Å². The highest BCUT2D eigenvalue weighted by molar-refractivity contribution is 6.19. The van der Waals surface area contributed by atoms with Crippen molar-refractivity contribution in [2.45, 2.75) is 6.04 Å². The van der Waals surface area contributed by atoms with Crippen molar-refractivity contribution in [2.24, 2.45) is 5.10 Å². The molecule has 1 heterocycles. The van der Waals surface area contributed by atoms with Crippen molar-refractivity contribution in [3.63, 3.8) is 0 Å². The number of hydrogen-bond donors (Lipinski definition) is 4. The fraction of sp³-hybridized carbons (Fsp3) is 0.0909. The maximum absolute atomic E-state index is 11.7. The second-order valence-electron chi connectivity index (χ2n) is 4.19. The molecule has 1 fully saturated rings. The molecular weight excluding hydrogens is 296 g/mol. The van der Waals surface area contributed by atoms with Crippen LogP contribution in [0.3, 0.4) is 0 Å². The minimum absolute atomic E-state index is 0.246. The highest BCUT2D eigenvalue weighted by atomic mass is 16.6. The van der Waals surface area contributed by atoms with Gasteiger partial charge in [0.2, 0.25) is 5.96 Å². The number of hydrogen-bond acceptors (Lipinski definition) is 7. The zero-order chi connectivity index (χ0) is 16.3. The zero-order valence-electron chi connectivity index (χ0n) is 10.9. The van der Waals surface area contributed by atoms with Crippen LogP contribution in [0.5, 0.6) is 0 Å². The third-order valence-corrected chi connectivity index (χ3v) is 2.63. The Labute approximate surface area is 122 Å². The lowest BCUT2D eigenvalue weighted by Crippen LogP contribution is -2.62. The highest BCUT2D eigenvalue weighted by Gasteiger charge is 2.43. The summed E-state index contributed by atoms with van der Waals surface area (Å²) in [6.07, 6.45) is 0. The van der Waals surface area contributed by atoms with Gasteiger partial charge in [-0.05, 0) is 24.3 Å². The maximum Gasteiger partial charge on any atom is 0.366 e. The first kappa shape index (κ1) is 14.9. The second kappa shape index (κ2) is 5.87. The third-order valence-electron chi connectivity index (χ3n) is 2.63. The van der Waals surface area contributed by atoms with E-state index in [1.807, 2.05) is 10.6 Å². The lowest BCUT2D eigenvalue weighted by Gasteiger charge is -2.17. The Morgan fingerprint density at radius 1 is 1.23 bits per heavy atom. The lowest BCUT2D eigenvalue weighted by molar-refractivity contribution is -0.494. The van der Waals surface area contributed by atoms with E-state index >= 15 is 0 Å². The first-order chi connectivity index (χ1) is 10.4. The molecule has 1 aliphatic rings. The SMILES string of the molecule is Nc1ccc(C(=O)NN=C2NC(=O)C([N+](=O)[O-])C(=O)N2)cc1. The zero-order valence-corrected chi connectivity index (χ0v) is 10.9. The third kappa shape index (κ3) is 3.15. The van der Waals surface area contributed by atoms with Gasteiger partial charge in [0.25, 0.3) is 5.91 Å². The number of nitrogens with one attached hydrogen (secondary N) is 3. The van der Waals surface area contributed by atoms with Crippen LogP contribution in [-0.4, -0.2) is 34.6 Å². The van der Waals surface area contributed by atoms with Crippen LogP contribution >= 0.6 is 0 Å². The van der Waals surface area contributed by atoms with E-state index in [0.29, 0.717) is 5.69 Å². The van der Waals surface area contributed by atoms with Gasteiger partial charge in [-0.1, -0.05) is 0 Å². The monoisotopic (exact) mass is 306 g/mol. The summed E-state index contributed by atoms with van der Waals surface area (Å²) in [6.45, 7) is 0. The van der Waals surface area contributed by atoms with E-state index in [1.54, 1.807) is 0 Å². The Morgan fingerprint density at radius 3 is 2.27 bits per heavy atom. The Kier molecular flexibility index (Phi) is 3.97. The molecule has 0 aromatic heterocycles. The van der Waals surface area contributed by atoms with Gasteiger partial charge in [0.1, 0.15) is 0 Å². The Bertz CT molecular complexity index is 663. The van der Waals surface area contributed by atoms with Crippen molar-refractivity contribution >= 4 is 29.4 Å². The van der Waals surface area contributed by atoms with E-state index in [4.69, 9.17) is 5.73 Å². The summed E-state index contributed by atoms with van der Waals surface area (Å²) in [7, 11) is 0. The number of guanidine groups is 1. The molecule has 0 atom stereocenters. The maximum atomic E-state index is 11.7. The van der Waals surface area contributed by atoms with E-state index in [0.717, 1.165) is 0 Å². The highest BCUT2D eigenvalue weighted by Crippen LogP contribution is 2.05. The standard InChI is InChI=1S/C11H10N6O5/c12-6-3-1-5(2-4-6)8(18)15-16-11-13-9(19)7(17(21)22)10(20)14-11/h1-4,7H,12H2,(H,15,18)(H2,13,14,16,19,20). The van der Waals surface area contributed by atoms with Crippen LogP contribution in [0.25, 0.3) is 0 Å². The molecular formula is C11H10N6O5. The first-order valence-corrected chi connectivity index (χ1v) is 5.87. The number of carbonyl (C=O) groups is 3. The number of carbonyl (C=O) groups excluding carboxylic acids is 3. The molecule has 11 heteroatoms. The normalized spacial score (nSPS) is 17.3. The van der Waals surface area contributed by atoms with Crippen LogP contribution in [0.15, 0.2) is 29.4 Å². The summed E-state index contributed by atoms with van der Waals surface area (Å²) in [5, 5.41) is 18.0. The van der Waals surface area contributed by atoms with Gasteiger partial charge >= 0.3 is 17.9 Å². The smallest absolute Gasteiger partial charge is 0.366 e. The number of rotatable bonds is 3. The average molecular weight is 306 g/mol. The van der Waals surface area contributed by atoms with Gasteiger partial charge < -0.3 is 5.73 Å². The van der Waals surface area contributed by atoms with Crippen molar-refractivity contribution in [1.82, 2.24) is 16.1 Å². The van der Waals surface area contributed by atoms with Crippen LogP contribution in [0.4, 0.5) is 5.69 Å². The Balaban J connectivity index is 2.04. The number of nitro groups is 1. The molecule has 1 aliphatic heterocycles. The van der Waals surface area contributed by atoms with Gasteiger partial charge in [0, 0.05) is 16.2 Å². The van der Waals surface area contributed by atoms with Crippen molar-refractivity contribution in [3.8, 4) is 0 Å². The molecule has 0 spiro atoms. The quantitative estimate of drug-likeness (QED) is 0.221. The van der Waals surface area contributed by atoms with Crippen LogP contribution in [0.1, 0.15) is 10.4 Å². The van der Waals surface area contributed by atoms with Crippen molar-refractivity contribution in [1.29, 1.82) is 0 Å². The molecule has 0 radical (unpaired) electrons. The van der Waals surface area contributed by atoms with Gasteiger partial charge in [-0.15, -0.1) is 5.10 Å². The fourth-order valence-corrected chi connectivity index (χ4v) is 1.57. The molecule has 1 aromatic carbocycles. The van der Waals surface area contributed by atoms with Crippen LogP contribution in [0, 0.1) is 10.1 Å². The molecule has 114 valence electrons. The number of amides is 3. The van der Waals surface area contributed by atoms with Gasteiger partial charge in [0.05, 0.1) is 0 Å². The molecule has 22 heavy (non-hydrogen) atoms. The number of nitrogens with two attached hydrogens (primary N) is 1. The lowest BCUT2D eigenvalue weighted by atomic mass is 10.2. The molecule has 0 unspecified atom stereocenters. The van der Waals surface area contributed by atoms with Gasteiger partial charge in [-0.2, -0.15) is 0 Å². The van der Waals surface area contributed by atoms with Crippen LogP contribution < -0.4 is 21.8 Å². The molecule has 1 saturated heterocycles. The van der Waals surface area contributed by atoms with Crippen molar-refractivity contribution in [2.75, 3.05) is 5.73 Å². The summed E-state index contributed by atoms with van der Waals surface area (Å²) in [6, 6.07) is 3.87. The molecule has 1 aromatic rings. The number of nitrogen functional groups attached to an aromatic ring is 1. The van der Waals surface area contributed by atoms with Gasteiger partial charge in [-0.3, -0.25) is 35.1 Å². The molecule has 11 nitrogen and oxygen atoms in total. The van der Waals surface area contributed by atoms with Crippen molar-refractivity contribution in [3.05, 3.63) is 39.9 Å². The second-order valence-corrected chi connectivity index (χ2v) is 4.19. The number of anilines is 1. The number of nitrogens with zero attached hydrogens (tertiary/aromatic N) is 2. The largest absolute Gasteiger partial charge is 0.399 e. The first-order valence-electron chi connectivity index (χ1n) is 5.87. The summed E-state index contributed by atoms with van der Waals surface area (Å²) >= 11 is 0. The minimum Gasteiger partial charge on any atom is -0.399 e. The molecule has 2 rings (SSSR count). The number of benzene rings is 1. The molecule has 0 saturated carbocycles. The van der Waals surface area contributed by atoms with E-state index in [9.17, 15) is 24.5 Å². The number of hydrazone groups is 1. The average Bonchev–Trinajstić information content (AvgIpc) is 2.44. The van der Waals surface area contributed by atoms with Crippen LogP contribution in [-0.2, 0) is 9.59 Å². The van der Waals surface area contributed by atoms with E-state index in [2.05, 4.69) is 10.5 Å². The summed E-state index contributed by atoms with van der Waals surface area (Å²) < 4.78 is 0. The van der Waals surface area contributed by atoms with Crippen LogP contribution in [0.2, 0.25) is 0 Å².